The van der Waals surface area contributed by atoms with Crippen LogP contribution in [-0.2, 0) is 4.74 Å². The third kappa shape index (κ3) is 2.41. The van der Waals surface area contributed by atoms with Crippen LogP contribution in [0.3, 0.4) is 0 Å². The number of piperazine rings is 1. The number of hydrogen-bond acceptors (Lipinski definition) is 6. The smallest absolute Gasteiger partial charge is 0.410 e. The van der Waals surface area contributed by atoms with Crippen LogP contribution in [0.15, 0.2) is 17.6 Å². The van der Waals surface area contributed by atoms with Crippen LogP contribution in [0, 0.1) is 0 Å². The quantitative estimate of drug-likeness (QED) is 0.616. The van der Waals surface area contributed by atoms with Crippen molar-refractivity contribution < 1.29 is 14.3 Å². The highest BCUT2D eigenvalue weighted by molar-refractivity contribution is 7.98. The number of fused-ring (bicyclic) bond motifs is 1. The first-order chi connectivity index (χ1) is 10.6. The minimum Gasteiger partial charge on any atom is -0.447 e. The summed E-state index contributed by atoms with van der Waals surface area (Å²) in [6.45, 7) is 3.84. The van der Waals surface area contributed by atoms with Gasteiger partial charge in [-0.1, -0.05) is 18.7 Å². The molecule has 0 aromatic carbocycles. The fourth-order valence-electron chi connectivity index (χ4n) is 2.95. The molecule has 0 radical (unpaired) electrons. The monoisotopic (exact) mass is 322 g/mol. The van der Waals surface area contributed by atoms with Crippen molar-refractivity contribution >= 4 is 23.8 Å². The minimum atomic E-state index is -0.398. The Labute approximate surface area is 133 Å². The molecule has 2 aliphatic rings. The van der Waals surface area contributed by atoms with Crippen LogP contribution in [0.4, 0.5) is 4.79 Å². The van der Waals surface area contributed by atoms with E-state index in [-0.39, 0.29) is 12.0 Å². The maximum Gasteiger partial charge on any atom is 0.410 e. The lowest BCUT2D eigenvalue weighted by atomic mass is 9.92. The summed E-state index contributed by atoms with van der Waals surface area (Å²) < 4.78 is 5.18. The van der Waals surface area contributed by atoms with Gasteiger partial charge in [-0.3, -0.25) is 9.69 Å². The molecule has 7 nitrogen and oxygen atoms in total. The van der Waals surface area contributed by atoms with Crippen molar-refractivity contribution in [3.8, 4) is 0 Å². The average molecular weight is 322 g/mol. The standard InChI is InChI=1S/C14H18N4O3S/c1-3-14-8-17(4-5-18(14)13(20)21-9-14)11(19)10-6-15-12(22-2)16-7-10/h6-7H,3-5,8-9H2,1-2H3. The molecule has 3 rings (SSSR count). The van der Waals surface area contributed by atoms with Crippen molar-refractivity contribution in [1.29, 1.82) is 0 Å². The van der Waals surface area contributed by atoms with E-state index in [9.17, 15) is 9.59 Å². The van der Waals surface area contributed by atoms with E-state index in [1.165, 1.54) is 11.8 Å². The van der Waals surface area contributed by atoms with Gasteiger partial charge in [0.25, 0.3) is 5.91 Å². The lowest BCUT2D eigenvalue weighted by molar-refractivity contribution is 0.0361. The molecular weight excluding hydrogens is 304 g/mol. The second-order valence-corrected chi connectivity index (χ2v) is 6.24. The first-order valence-electron chi connectivity index (χ1n) is 7.19. The van der Waals surface area contributed by atoms with E-state index in [0.717, 1.165) is 6.42 Å². The Kier molecular flexibility index (Phi) is 3.94. The number of aromatic nitrogens is 2. The Morgan fingerprint density at radius 1 is 1.41 bits per heavy atom. The molecule has 1 aromatic heterocycles. The van der Waals surface area contributed by atoms with Crippen molar-refractivity contribution in [3.63, 3.8) is 0 Å². The Morgan fingerprint density at radius 2 is 2.14 bits per heavy atom. The molecular formula is C14H18N4O3S. The van der Waals surface area contributed by atoms with E-state index in [1.54, 1.807) is 22.2 Å². The maximum absolute atomic E-state index is 12.6. The summed E-state index contributed by atoms with van der Waals surface area (Å²) in [4.78, 5) is 36.2. The Hall–Kier alpha value is -1.83. The van der Waals surface area contributed by atoms with E-state index in [1.807, 2.05) is 13.2 Å². The number of carbonyl (C=O) groups is 2. The lowest BCUT2D eigenvalue weighted by Gasteiger charge is -2.44. The number of cyclic esters (lactones) is 1. The number of thioether (sulfide) groups is 1. The second kappa shape index (κ2) is 5.75. The van der Waals surface area contributed by atoms with Crippen molar-refractivity contribution in [2.24, 2.45) is 0 Å². The third-order valence-corrected chi connectivity index (χ3v) is 4.91. The van der Waals surface area contributed by atoms with Gasteiger partial charge in [0.15, 0.2) is 5.16 Å². The maximum atomic E-state index is 12.6. The highest BCUT2D eigenvalue weighted by Gasteiger charge is 2.50. The number of amides is 2. The number of rotatable bonds is 3. The SMILES string of the molecule is CCC12COC(=O)N1CCN(C(=O)c1cnc(SC)nc1)C2. The molecule has 2 fully saturated rings. The highest BCUT2D eigenvalue weighted by atomic mass is 32.2. The highest BCUT2D eigenvalue weighted by Crippen LogP contribution is 2.32. The molecule has 0 saturated carbocycles. The van der Waals surface area contributed by atoms with Crippen LogP contribution in [0.5, 0.6) is 0 Å². The largest absolute Gasteiger partial charge is 0.447 e. The van der Waals surface area contributed by atoms with Gasteiger partial charge in [-0.2, -0.15) is 0 Å². The molecule has 0 aliphatic carbocycles. The van der Waals surface area contributed by atoms with E-state index >= 15 is 0 Å². The van der Waals surface area contributed by atoms with Gasteiger partial charge in [-0.15, -0.1) is 0 Å². The fourth-order valence-corrected chi connectivity index (χ4v) is 3.27. The summed E-state index contributed by atoms with van der Waals surface area (Å²) in [7, 11) is 0. The number of hydrogen-bond donors (Lipinski definition) is 0. The zero-order valence-electron chi connectivity index (χ0n) is 12.6. The van der Waals surface area contributed by atoms with E-state index in [4.69, 9.17) is 4.74 Å². The van der Waals surface area contributed by atoms with Gasteiger partial charge in [-0.05, 0) is 12.7 Å². The predicted molar refractivity (Wildman–Crippen MR) is 80.8 cm³/mol. The van der Waals surface area contributed by atoms with E-state index in [2.05, 4.69) is 9.97 Å². The number of carbonyl (C=O) groups excluding carboxylic acids is 2. The summed E-state index contributed by atoms with van der Waals surface area (Å²) in [5.74, 6) is -0.0977. The summed E-state index contributed by atoms with van der Waals surface area (Å²) >= 11 is 1.43. The average Bonchev–Trinajstić information content (AvgIpc) is 2.91. The molecule has 118 valence electrons. The van der Waals surface area contributed by atoms with Gasteiger partial charge < -0.3 is 9.64 Å². The van der Waals surface area contributed by atoms with Gasteiger partial charge in [0.05, 0.1) is 11.1 Å². The first kappa shape index (κ1) is 15.1. The molecule has 0 bridgehead atoms. The summed E-state index contributed by atoms with van der Waals surface area (Å²) in [5, 5.41) is 0.640. The van der Waals surface area contributed by atoms with Gasteiger partial charge >= 0.3 is 6.09 Å². The van der Waals surface area contributed by atoms with Crippen LogP contribution < -0.4 is 0 Å². The normalized spacial score (nSPS) is 24.2. The van der Waals surface area contributed by atoms with E-state index in [0.29, 0.717) is 37.0 Å². The topological polar surface area (TPSA) is 75.6 Å². The van der Waals surface area contributed by atoms with Crippen LogP contribution in [0.25, 0.3) is 0 Å². The molecule has 1 atom stereocenters. The van der Waals surface area contributed by atoms with Crippen molar-refractivity contribution in [3.05, 3.63) is 18.0 Å². The lowest BCUT2D eigenvalue weighted by Crippen LogP contribution is -2.62. The summed E-state index contributed by atoms with van der Waals surface area (Å²) in [6, 6.07) is 0. The molecule has 2 saturated heterocycles. The molecule has 3 heterocycles. The van der Waals surface area contributed by atoms with Gasteiger partial charge in [-0.25, -0.2) is 14.8 Å². The predicted octanol–water partition coefficient (Wildman–Crippen LogP) is 1.26. The summed E-state index contributed by atoms with van der Waals surface area (Å²) in [6.07, 6.45) is 5.48. The fraction of sp³-hybridized carbons (Fsp3) is 0.571. The van der Waals surface area contributed by atoms with Crippen LogP contribution in [0.2, 0.25) is 0 Å². The van der Waals surface area contributed by atoms with Crippen LogP contribution >= 0.6 is 11.8 Å². The Bertz CT molecular complexity index is 594. The second-order valence-electron chi connectivity index (χ2n) is 5.47. The number of ether oxygens (including phenoxy) is 1. The molecule has 2 amide bonds. The van der Waals surface area contributed by atoms with Crippen molar-refractivity contribution in [2.45, 2.75) is 24.0 Å². The molecule has 0 spiro atoms. The first-order valence-corrected chi connectivity index (χ1v) is 8.42. The van der Waals surface area contributed by atoms with Gasteiger partial charge in [0.1, 0.15) is 6.61 Å². The van der Waals surface area contributed by atoms with E-state index < -0.39 is 5.54 Å². The van der Waals surface area contributed by atoms with Gasteiger partial charge in [0, 0.05) is 32.0 Å². The third-order valence-electron chi connectivity index (χ3n) is 4.34. The zero-order valence-corrected chi connectivity index (χ0v) is 13.4. The van der Waals surface area contributed by atoms with Crippen molar-refractivity contribution in [1.82, 2.24) is 19.8 Å². The number of nitrogens with zero attached hydrogens (tertiary/aromatic N) is 4. The molecule has 0 N–H and O–H groups in total. The van der Waals surface area contributed by atoms with Crippen LogP contribution in [0.1, 0.15) is 23.7 Å². The zero-order chi connectivity index (χ0) is 15.7. The summed E-state index contributed by atoms with van der Waals surface area (Å²) in [5.41, 5.74) is 0.0770. The molecule has 8 heteroatoms. The van der Waals surface area contributed by atoms with Gasteiger partial charge in [0.2, 0.25) is 0 Å². The minimum absolute atomic E-state index is 0.0977. The molecule has 2 aliphatic heterocycles. The Morgan fingerprint density at radius 3 is 2.77 bits per heavy atom. The van der Waals surface area contributed by atoms with Crippen molar-refractivity contribution in [2.75, 3.05) is 32.5 Å². The molecule has 22 heavy (non-hydrogen) atoms. The Balaban J connectivity index is 1.78. The van der Waals surface area contributed by atoms with Crippen LogP contribution in [-0.4, -0.2) is 69.8 Å². The molecule has 1 aromatic rings. The molecule has 1 unspecified atom stereocenters.